The summed E-state index contributed by atoms with van der Waals surface area (Å²) in [6, 6.07) is 17.2. The van der Waals surface area contributed by atoms with Crippen LogP contribution in [0.25, 0.3) is 0 Å². The molecular weight excluding hydrogens is 314 g/mol. The summed E-state index contributed by atoms with van der Waals surface area (Å²) >= 11 is 0. The number of aromatic carboxylic acids is 1. The third kappa shape index (κ3) is 4.69. The van der Waals surface area contributed by atoms with Crippen LogP contribution in [-0.2, 0) is 17.6 Å². The maximum atomic E-state index is 12.4. The molecule has 0 bridgehead atoms. The Morgan fingerprint density at radius 3 is 2.40 bits per heavy atom. The van der Waals surface area contributed by atoms with Crippen LogP contribution in [0.5, 0.6) is 0 Å². The highest BCUT2D eigenvalue weighted by molar-refractivity contribution is 5.87. The van der Waals surface area contributed by atoms with Crippen molar-refractivity contribution in [2.45, 2.75) is 25.7 Å². The van der Waals surface area contributed by atoms with Crippen molar-refractivity contribution in [2.75, 3.05) is 13.1 Å². The van der Waals surface area contributed by atoms with E-state index in [2.05, 4.69) is 24.3 Å². The molecule has 0 radical (unpaired) electrons. The van der Waals surface area contributed by atoms with Gasteiger partial charge in [0.15, 0.2) is 0 Å². The van der Waals surface area contributed by atoms with Crippen molar-refractivity contribution in [1.29, 1.82) is 0 Å². The lowest BCUT2D eigenvalue weighted by atomic mass is 9.99. The van der Waals surface area contributed by atoms with E-state index in [4.69, 9.17) is 5.11 Å². The van der Waals surface area contributed by atoms with E-state index in [0.717, 1.165) is 31.5 Å². The summed E-state index contributed by atoms with van der Waals surface area (Å²) < 4.78 is 0. The monoisotopic (exact) mass is 337 g/mol. The number of hydrogen-bond donors (Lipinski definition) is 1. The van der Waals surface area contributed by atoms with Gasteiger partial charge in [-0.1, -0.05) is 42.5 Å². The molecular formula is C21H23NO3. The number of rotatable bonds is 6. The Morgan fingerprint density at radius 1 is 1.00 bits per heavy atom. The van der Waals surface area contributed by atoms with E-state index in [9.17, 15) is 9.59 Å². The van der Waals surface area contributed by atoms with Gasteiger partial charge >= 0.3 is 5.97 Å². The summed E-state index contributed by atoms with van der Waals surface area (Å²) in [7, 11) is 0. The van der Waals surface area contributed by atoms with E-state index >= 15 is 0 Å². The predicted molar refractivity (Wildman–Crippen MR) is 96.6 cm³/mol. The van der Waals surface area contributed by atoms with Crippen LogP contribution in [0.1, 0.15) is 34.3 Å². The molecule has 0 unspecified atom stereocenters. The second kappa shape index (κ2) is 7.97. The molecule has 1 aliphatic heterocycles. The zero-order valence-corrected chi connectivity index (χ0v) is 14.2. The van der Waals surface area contributed by atoms with E-state index in [0.29, 0.717) is 18.8 Å². The van der Waals surface area contributed by atoms with Crippen molar-refractivity contribution in [3.8, 4) is 0 Å². The number of carboxylic acid groups (broad SMARTS) is 1. The molecule has 1 N–H and O–H groups in total. The number of likely N-dealkylation sites (tertiary alicyclic amines) is 1. The zero-order chi connectivity index (χ0) is 17.6. The fourth-order valence-corrected chi connectivity index (χ4v) is 3.40. The maximum absolute atomic E-state index is 12.4. The fraction of sp³-hybridized carbons (Fsp3) is 0.333. The molecule has 1 amide bonds. The van der Waals surface area contributed by atoms with Gasteiger partial charge in [0.25, 0.3) is 0 Å². The van der Waals surface area contributed by atoms with Crippen molar-refractivity contribution in [1.82, 2.24) is 4.90 Å². The van der Waals surface area contributed by atoms with Crippen molar-refractivity contribution >= 4 is 11.9 Å². The van der Waals surface area contributed by atoms with E-state index < -0.39 is 5.97 Å². The van der Waals surface area contributed by atoms with Crippen LogP contribution in [0, 0.1) is 5.92 Å². The Kier molecular flexibility index (Phi) is 5.49. The first kappa shape index (κ1) is 17.2. The Balaban J connectivity index is 1.46. The molecule has 1 fully saturated rings. The van der Waals surface area contributed by atoms with Crippen LogP contribution in [-0.4, -0.2) is 35.0 Å². The first-order valence-electron chi connectivity index (χ1n) is 8.76. The smallest absolute Gasteiger partial charge is 0.335 e. The van der Waals surface area contributed by atoms with Crippen LogP contribution in [0.15, 0.2) is 54.6 Å². The van der Waals surface area contributed by atoms with E-state index in [1.54, 1.807) is 24.3 Å². The van der Waals surface area contributed by atoms with E-state index in [1.165, 1.54) is 5.56 Å². The van der Waals surface area contributed by atoms with Crippen molar-refractivity contribution in [3.05, 3.63) is 71.3 Å². The van der Waals surface area contributed by atoms with Crippen molar-refractivity contribution < 1.29 is 14.7 Å². The predicted octanol–water partition coefficient (Wildman–Crippen LogP) is 3.41. The van der Waals surface area contributed by atoms with Crippen molar-refractivity contribution in [2.24, 2.45) is 5.92 Å². The number of carbonyl (C=O) groups excluding carboxylic acids is 1. The molecule has 1 aliphatic rings. The lowest BCUT2D eigenvalue weighted by Gasteiger charge is -2.16. The molecule has 3 rings (SSSR count). The first-order chi connectivity index (χ1) is 12.1. The first-order valence-corrected chi connectivity index (χ1v) is 8.76. The normalized spacial score (nSPS) is 16.8. The third-order valence-electron chi connectivity index (χ3n) is 4.83. The molecule has 25 heavy (non-hydrogen) atoms. The molecule has 2 aromatic rings. The molecule has 0 spiro atoms. The number of carboxylic acids is 1. The molecule has 4 heteroatoms. The number of nitrogens with zero attached hydrogens (tertiary/aromatic N) is 1. The summed E-state index contributed by atoms with van der Waals surface area (Å²) in [5.74, 6) is -0.191. The Bertz CT molecular complexity index is 725. The van der Waals surface area contributed by atoms with Crippen LogP contribution >= 0.6 is 0 Å². The van der Waals surface area contributed by atoms with Gasteiger partial charge in [0.2, 0.25) is 5.91 Å². The number of amides is 1. The van der Waals surface area contributed by atoms with Gasteiger partial charge in [0, 0.05) is 19.5 Å². The molecule has 1 atom stereocenters. The number of aryl methyl sites for hydroxylation is 1. The van der Waals surface area contributed by atoms with Gasteiger partial charge in [-0.3, -0.25) is 4.79 Å². The summed E-state index contributed by atoms with van der Waals surface area (Å²) in [6.45, 7) is 1.68. The summed E-state index contributed by atoms with van der Waals surface area (Å²) in [5, 5.41) is 8.91. The Labute approximate surface area is 148 Å². The quantitative estimate of drug-likeness (QED) is 0.879. The lowest BCUT2D eigenvalue weighted by molar-refractivity contribution is -0.130. The van der Waals surface area contributed by atoms with Gasteiger partial charge in [-0.15, -0.1) is 0 Å². The van der Waals surface area contributed by atoms with Gasteiger partial charge in [-0.25, -0.2) is 4.79 Å². The lowest BCUT2D eigenvalue weighted by Crippen LogP contribution is -2.29. The number of hydrogen-bond acceptors (Lipinski definition) is 2. The van der Waals surface area contributed by atoms with Gasteiger partial charge in [0.05, 0.1) is 5.56 Å². The number of carbonyl (C=O) groups is 2. The molecule has 1 saturated heterocycles. The Morgan fingerprint density at radius 2 is 1.72 bits per heavy atom. The summed E-state index contributed by atoms with van der Waals surface area (Å²) in [6.07, 6.45) is 3.22. The molecule has 4 nitrogen and oxygen atoms in total. The SMILES string of the molecule is O=C(O)c1ccc(CCC(=O)N2CC[C@H](Cc3ccccc3)C2)cc1. The molecule has 130 valence electrons. The maximum Gasteiger partial charge on any atom is 0.335 e. The number of benzene rings is 2. The molecule has 0 aromatic heterocycles. The largest absolute Gasteiger partial charge is 0.478 e. The average Bonchev–Trinajstić information content (AvgIpc) is 3.09. The second-order valence-electron chi connectivity index (χ2n) is 6.69. The highest BCUT2D eigenvalue weighted by Gasteiger charge is 2.25. The summed E-state index contributed by atoms with van der Waals surface area (Å²) in [5.41, 5.74) is 2.61. The van der Waals surface area contributed by atoms with Gasteiger partial charge in [0.1, 0.15) is 0 Å². The van der Waals surface area contributed by atoms with Gasteiger partial charge < -0.3 is 10.0 Å². The standard InChI is InChI=1S/C21H23NO3/c23-20(11-8-16-6-9-19(10-7-16)21(24)25)22-13-12-18(15-22)14-17-4-2-1-3-5-17/h1-7,9-10,18H,8,11-15H2,(H,24,25)/t18-/m1/s1. The van der Waals surface area contributed by atoms with E-state index in [1.807, 2.05) is 11.0 Å². The van der Waals surface area contributed by atoms with Gasteiger partial charge in [-0.2, -0.15) is 0 Å². The molecule has 0 saturated carbocycles. The van der Waals surface area contributed by atoms with Crippen LogP contribution in [0.4, 0.5) is 0 Å². The van der Waals surface area contributed by atoms with Gasteiger partial charge in [-0.05, 0) is 48.4 Å². The van der Waals surface area contributed by atoms with Crippen LogP contribution in [0.2, 0.25) is 0 Å². The Hall–Kier alpha value is -2.62. The fourth-order valence-electron chi connectivity index (χ4n) is 3.40. The summed E-state index contributed by atoms with van der Waals surface area (Å²) in [4.78, 5) is 25.2. The highest BCUT2D eigenvalue weighted by Crippen LogP contribution is 2.21. The topological polar surface area (TPSA) is 57.6 Å². The average molecular weight is 337 g/mol. The molecule has 2 aromatic carbocycles. The molecule has 0 aliphatic carbocycles. The molecule has 1 heterocycles. The minimum atomic E-state index is -0.927. The van der Waals surface area contributed by atoms with E-state index in [-0.39, 0.29) is 11.5 Å². The second-order valence-corrected chi connectivity index (χ2v) is 6.69. The third-order valence-corrected chi connectivity index (χ3v) is 4.83. The highest BCUT2D eigenvalue weighted by atomic mass is 16.4. The van der Waals surface area contributed by atoms with Crippen LogP contribution in [0.3, 0.4) is 0 Å². The van der Waals surface area contributed by atoms with Crippen molar-refractivity contribution in [3.63, 3.8) is 0 Å². The zero-order valence-electron chi connectivity index (χ0n) is 14.2. The minimum Gasteiger partial charge on any atom is -0.478 e. The minimum absolute atomic E-state index is 0.192. The van der Waals surface area contributed by atoms with Crippen LogP contribution < -0.4 is 0 Å².